The quantitative estimate of drug-likeness (QED) is 0.510. The monoisotopic (exact) mass is 268 g/mol. The largest absolute Gasteiger partial charge is 0.385 e. The van der Waals surface area contributed by atoms with Crippen LogP contribution in [0.4, 0.5) is 5.69 Å². The van der Waals surface area contributed by atoms with Crippen LogP contribution in [-0.2, 0) is 8.98 Å². The lowest BCUT2D eigenvalue weighted by molar-refractivity contribution is -0.387. The summed E-state index contributed by atoms with van der Waals surface area (Å²) >= 11 is 0.739. The van der Waals surface area contributed by atoms with Crippen molar-refractivity contribution in [3.63, 3.8) is 0 Å². The van der Waals surface area contributed by atoms with Gasteiger partial charge < -0.3 is 9.50 Å². The van der Waals surface area contributed by atoms with Crippen molar-refractivity contribution in [2.75, 3.05) is 6.54 Å². The van der Waals surface area contributed by atoms with Gasteiger partial charge in [0, 0.05) is 6.07 Å². The van der Waals surface area contributed by atoms with Gasteiger partial charge in [-0.15, -0.1) is 0 Å². The molecule has 1 aromatic carbocycles. The van der Waals surface area contributed by atoms with Gasteiger partial charge in [0.05, 0.1) is 4.92 Å². The number of para-hydroxylation sites is 1. The van der Waals surface area contributed by atoms with Crippen LogP contribution in [0.15, 0.2) is 29.2 Å². The Bertz CT molecular complexity index is 460. The Morgan fingerprint density at radius 3 is 2.94 bits per heavy atom. The standard InChI is InChI=1S/C11H12N2O4S/c14-11(8-4-3-7-12-8)17-18-10-6-2-1-5-9(10)13(15)16/h1-2,5-6,8,12H,3-4,7H2/t8-/m0/s1. The third-order valence-corrected chi connectivity index (χ3v) is 3.39. The molecule has 1 atom stereocenters. The predicted octanol–water partition coefficient (Wildman–Crippen LogP) is 1.90. The van der Waals surface area contributed by atoms with Crippen LogP contribution in [0.25, 0.3) is 0 Å². The number of hydrogen-bond donors (Lipinski definition) is 1. The normalized spacial score (nSPS) is 18.6. The number of hydrogen-bond acceptors (Lipinski definition) is 6. The van der Waals surface area contributed by atoms with Crippen molar-refractivity contribution >= 4 is 23.7 Å². The van der Waals surface area contributed by atoms with Crippen molar-refractivity contribution in [3.8, 4) is 0 Å². The molecule has 1 heterocycles. The molecule has 7 heteroatoms. The first-order valence-corrected chi connectivity index (χ1v) is 6.28. The minimum Gasteiger partial charge on any atom is -0.385 e. The zero-order valence-electron chi connectivity index (χ0n) is 9.50. The van der Waals surface area contributed by atoms with Gasteiger partial charge in [0.1, 0.15) is 23.0 Å². The number of nitrogens with zero attached hydrogens (tertiary/aromatic N) is 1. The Kier molecular flexibility index (Phi) is 4.16. The Morgan fingerprint density at radius 1 is 1.50 bits per heavy atom. The van der Waals surface area contributed by atoms with Crippen LogP contribution in [0.3, 0.4) is 0 Å². The van der Waals surface area contributed by atoms with E-state index in [1.54, 1.807) is 18.2 Å². The molecule has 6 nitrogen and oxygen atoms in total. The molecule has 1 N–H and O–H groups in total. The molecule has 1 saturated heterocycles. The SMILES string of the molecule is O=C(OSc1ccccc1[N+](=O)[O-])[C@@H]1CCCN1. The van der Waals surface area contributed by atoms with E-state index in [-0.39, 0.29) is 17.7 Å². The number of nitro benzene ring substituents is 1. The van der Waals surface area contributed by atoms with Crippen molar-refractivity contribution in [2.24, 2.45) is 0 Å². The molecule has 1 fully saturated rings. The van der Waals surface area contributed by atoms with E-state index in [1.807, 2.05) is 0 Å². The highest BCUT2D eigenvalue weighted by Gasteiger charge is 2.25. The van der Waals surface area contributed by atoms with Crippen molar-refractivity contribution in [1.82, 2.24) is 5.32 Å². The van der Waals surface area contributed by atoms with Gasteiger partial charge in [-0.25, -0.2) is 4.79 Å². The summed E-state index contributed by atoms with van der Waals surface area (Å²) in [4.78, 5) is 22.2. The average Bonchev–Trinajstić information content (AvgIpc) is 2.90. The van der Waals surface area contributed by atoms with E-state index < -0.39 is 4.92 Å². The summed E-state index contributed by atoms with van der Waals surface area (Å²) in [6.07, 6.45) is 1.69. The van der Waals surface area contributed by atoms with Gasteiger partial charge in [-0.1, -0.05) is 12.1 Å². The maximum absolute atomic E-state index is 11.6. The number of carbonyl (C=O) groups excluding carboxylic acids is 1. The first-order chi connectivity index (χ1) is 8.68. The van der Waals surface area contributed by atoms with Gasteiger partial charge in [-0.2, -0.15) is 0 Å². The highest BCUT2D eigenvalue weighted by atomic mass is 32.2. The summed E-state index contributed by atoms with van der Waals surface area (Å²) in [5.41, 5.74) is -0.0605. The van der Waals surface area contributed by atoms with E-state index >= 15 is 0 Å². The Hall–Kier alpha value is -1.60. The third kappa shape index (κ3) is 2.99. The Balaban J connectivity index is 1.97. The molecule has 2 rings (SSSR count). The molecule has 1 aliphatic rings. The highest BCUT2D eigenvalue weighted by Crippen LogP contribution is 2.29. The molecule has 0 bridgehead atoms. The molecule has 0 radical (unpaired) electrons. The number of nitro groups is 1. The zero-order valence-corrected chi connectivity index (χ0v) is 10.3. The van der Waals surface area contributed by atoms with Crippen molar-refractivity contribution < 1.29 is 13.9 Å². The fourth-order valence-electron chi connectivity index (χ4n) is 1.71. The van der Waals surface area contributed by atoms with E-state index in [2.05, 4.69) is 5.32 Å². The molecule has 0 aliphatic carbocycles. The van der Waals surface area contributed by atoms with Crippen LogP contribution >= 0.6 is 12.0 Å². The van der Waals surface area contributed by atoms with E-state index in [0.717, 1.165) is 31.4 Å². The van der Waals surface area contributed by atoms with Crippen LogP contribution in [-0.4, -0.2) is 23.5 Å². The highest BCUT2D eigenvalue weighted by molar-refractivity contribution is 7.95. The Labute approximate surface area is 108 Å². The smallest absolute Gasteiger partial charge is 0.335 e. The van der Waals surface area contributed by atoms with E-state index in [9.17, 15) is 14.9 Å². The van der Waals surface area contributed by atoms with E-state index in [4.69, 9.17) is 4.18 Å². The van der Waals surface area contributed by atoms with Gasteiger partial charge >= 0.3 is 5.97 Å². The number of carbonyl (C=O) groups is 1. The summed E-state index contributed by atoms with van der Waals surface area (Å²) < 4.78 is 5.01. The maximum atomic E-state index is 11.6. The minimum absolute atomic E-state index is 0.0605. The van der Waals surface area contributed by atoms with Gasteiger partial charge in [-0.05, 0) is 25.5 Å². The summed E-state index contributed by atoms with van der Waals surface area (Å²) in [7, 11) is 0. The first-order valence-electron chi connectivity index (χ1n) is 5.53. The van der Waals surface area contributed by atoms with Crippen LogP contribution < -0.4 is 5.32 Å². The van der Waals surface area contributed by atoms with Crippen molar-refractivity contribution in [2.45, 2.75) is 23.8 Å². The van der Waals surface area contributed by atoms with Gasteiger partial charge in [0.2, 0.25) is 0 Å². The van der Waals surface area contributed by atoms with Gasteiger partial charge in [-0.3, -0.25) is 10.1 Å². The summed E-state index contributed by atoms with van der Waals surface area (Å²) in [5.74, 6) is -0.379. The molecule has 0 saturated carbocycles. The number of nitrogens with one attached hydrogen (secondary N) is 1. The molecule has 0 unspecified atom stereocenters. The molecule has 0 spiro atoms. The van der Waals surface area contributed by atoms with Gasteiger partial charge in [0.25, 0.3) is 5.69 Å². The molecule has 18 heavy (non-hydrogen) atoms. The second-order valence-electron chi connectivity index (χ2n) is 3.86. The topological polar surface area (TPSA) is 81.5 Å². The summed E-state index contributed by atoms with van der Waals surface area (Å²) in [5, 5.41) is 13.8. The molecular weight excluding hydrogens is 256 g/mol. The summed E-state index contributed by atoms with van der Waals surface area (Å²) in [6.45, 7) is 0.802. The number of benzene rings is 1. The molecule has 0 aromatic heterocycles. The average molecular weight is 268 g/mol. The minimum atomic E-state index is -0.496. The lowest BCUT2D eigenvalue weighted by Crippen LogP contribution is -2.31. The predicted molar refractivity (Wildman–Crippen MR) is 66.1 cm³/mol. The zero-order chi connectivity index (χ0) is 13.0. The summed E-state index contributed by atoms with van der Waals surface area (Å²) in [6, 6.07) is 5.88. The van der Waals surface area contributed by atoms with Gasteiger partial charge in [0.15, 0.2) is 0 Å². The lowest BCUT2D eigenvalue weighted by atomic mass is 10.2. The second-order valence-corrected chi connectivity index (χ2v) is 4.63. The maximum Gasteiger partial charge on any atom is 0.335 e. The van der Waals surface area contributed by atoms with Crippen LogP contribution in [0.5, 0.6) is 0 Å². The van der Waals surface area contributed by atoms with Crippen LogP contribution in [0.2, 0.25) is 0 Å². The third-order valence-electron chi connectivity index (χ3n) is 2.62. The lowest BCUT2D eigenvalue weighted by Gasteiger charge is -2.08. The van der Waals surface area contributed by atoms with Crippen molar-refractivity contribution in [1.29, 1.82) is 0 Å². The fourth-order valence-corrected chi connectivity index (χ4v) is 2.36. The van der Waals surface area contributed by atoms with Crippen molar-refractivity contribution in [3.05, 3.63) is 34.4 Å². The Morgan fingerprint density at radius 2 is 2.28 bits per heavy atom. The molecule has 1 aliphatic heterocycles. The second kappa shape index (κ2) is 5.83. The molecule has 96 valence electrons. The first kappa shape index (κ1) is 12.8. The number of rotatable bonds is 4. The molecular formula is C11H12N2O4S. The molecule has 0 amide bonds. The molecule has 1 aromatic rings. The van der Waals surface area contributed by atoms with E-state index in [1.165, 1.54) is 6.07 Å². The van der Waals surface area contributed by atoms with E-state index in [0.29, 0.717) is 4.90 Å². The van der Waals surface area contributed by atoms with Crippen LogP contribution in [0, 0.1) is 10.1 Å². The fraction of sp³-hybridized carbons (Fsp3) is 0.364. The van der Waals surface area contributed by atoms with Crippen LogP contribution in [0.1, 0.15) is 12.8 Å².